The summed E-state index contributed by atoms with van der Waals surface area (Å²) in [5.74, 6) is -0.442. The van der Waals surface area contributed by atoms with E-state index in [9.17, 15) is 9.59 Å². The van der Waals surface area contributed by atoms with Crippen LogP contribution in [0.3, 0.4) is 0 Å². The average Bonchev–Trinajstić information content (AvgIpc) is 3.11. The molecule has 0 unspecified atom stereocenters. The van der Waals surface area contributed by atoms with Crippen LogP contribution in [0.15, 0.2) is 10.7 Å². The third-order valence-electron chi connectivity index (χ3n) is 3.39. The Morgan fingerprint density at radius 2 is 2.10 bits per heavy atom. The van der Waals surface area contributed by atoms with Gasteiger partial charge in [0.15, 0.2) is 0 Å². The summed E-state index contributed by atoms with van der Waals surface area (Å²) in [6, 6.07) is 0.303. The number of rotatable bonds is 6. The number of hydrogen-bond donors (Lipinski definition) is 1. The predicted molar refractivity (Wildman–Crippen MR) is 73.7 cm³/mol. The van der Waals surface area contributed by atoms with Crippen molar-refractivity contribution < 1.29 is 19.1 Å². The highest BCUT2D eigenvalue weighted by Crippen LogP contribution is 2.31. The minimum Gasteiger partial charge on any atom is -0.481 e. The monoisotopic (exact) mass is 279 g/mol. The van der Waals surface area contributed by atoms with Crippen molar-refractivity contribution in [2.75, 3.05) is 6.54 Å². The number of furan rings is 1. The molecule has 0 saturated heterocycles. The summed E-state index contributed by atoms with van der Waals surface area (Å²) in [6.07, 6.45) is 3.27. The number of hydrogen-bond acceptors (Lipinski definition) is 3. The highest BCUT2D eigenvalue weighted by atomic mass is 16.4. The maximum Gasteiger partial charge on any atom is 0.311 e. The van der Waals surface area contributed by atoms with Crippen LogP contribution in [0.2, 0.25) is 0 Å². The average molecular weight is 279 g/mol. The Balaban J connectivity index is 2.26. The Bertz CT molecular complexity index is 514. The van der Waals surface area contributed by atoms with Crippen LogP contribution in [0.25, 0.3) is 0 Å². The second-order valence-corrected chi connectivity index (χ2v) is 5.87. The van der Waals surface area contributed by atoms with Gasteiger partial charge in [-0.25, -0.2) is 0 Å². The Morgan fingerprint density at radius 1 is 1.45 bits per heavy atom. The molecule has 1 amide bonds. The van der Waals surface area contributed by atoms with Gasteiger partial charge in [0.25, 0.3) is 5.91 Å². The molecule has 0 atom stereocenters. The smallest absolute Gasteiger partial charge is 0.311 e. The van der Waals surface area contributed by atoms with Crippen molar-refractivity contribution in [1.82, 2.24) is 4.90 Å². The first kappa shape index (κ1) is 14.6. The molecule has 1 fully saturated rings. The molecule has 1 aliphatic rings. The molecule has 0 bridgehead atoms. The number of carbonyl (C=O) groups is 2. The minimum absolute atomic E-state index is 0.0938. The standard InChI is InChI=1S/C15H21NO4/c1-9(2)7-16(11-4-5-11)15(19)14-10(3)8-20-12(14)6-13(17)18/h8-9,11H,4-7H2,1-3H3,(H,17,18). The molecule has 5 nitrogen and oxygen atoms in total. The minimum atomic E-state index is -0.991. The largest absolute Gasteiger partial charge is 0.481 e. The summed E-state index contributed by atoms with van der Waals surface area (Å²) in [7, 11) is 0. The van der Waals surface area contributed by atoms with Gasteiger partial charge in [-0.2, -0.15) is 0 Å². The quantitative estimate of drug-likeness (QED) is 0.868. The van der Waals surface area contributed by atoms with E-state index < -0.39 is 5.97 Å². The summed E-state index contributed by atoms with van der Waals surface area (Å²) in [4.78, 5) is 25.4. The number of carbonyl (C=O) groups excluding carboxylic acids is 1. The maximum absolute atomic E-state index is 12.7. The van der Waals surface area contributed by atoms with E-state index >= 15 is 0 Å². The lowest BCUT2D eigenvalue weighted by Crippen LogP contribution is -2.36. The van der Waals surface area contributed by atoms with Crippen LogP contribution in [0.4, 0.5) is 0 Å². The molecule has 2 rings (SSSR count). The number of aliphatic carboxylic acids is 1. The van der Waals surface area contributed by atoms with E-state index in [-0.39, 0.29) is 18.1 Å². The van der Waals surface area contributed by atoms with Gasteiger partial charge in [0.05, 0.1) is 11.8 Å². The Hall–Kier alpha value is -1.78. The lowest BCUT2D eigenvalue weighted by atomic mass is 10.1. The first-order valence-electron chi connectivity index (χ1n) is 6.99. The number of carboxylic acids is 1. The molecular formula is C15H21NO4. The van der Waals surface area contributed by atoms with Gasteiger partial charge < -0.3 is 14.4 Å². The van der Waals surface area contributed by atoms with Crippen LogP contribution in [-0.4, -0.2) is 34.5 Å². The van der Waals surface area contributed by atoms with Crippen molar-refractivity contribution in [2.45, 2.75) is 46.1 Å². The second-order valence-electron chi connectivity index (χ2n) is 5.87. The third-order valence-corrected chi connectivity index (χ3v) is 3.39. The van der Waals surface area contributed by atoms with Gasteiger partial charge in [0, 0.05) is 18.2 Å². The molecule has 110 valence electrons. The number of aryl methyl sites for hydroxylation is 1. The first-order valence-corrected chi connectivity index (χ1v) is 6.99. The van der Waals surface area contributed by atoms with Gasteiger partial charge >= 0.3 is 5.97 Å². The molecule has 1 heterocycles. The highest BCUT2D eigenvalue weighted by Gasteiger charge is 2.35. The van der Waals surface area contributed by atoms with Crippen LogP contribution < -0.4 is 0 Å². The number of amides is 1. The van der Waals surface area contributed by atoms with E-state index in [1.165, 1.54) is 6.26 Å². The van der Waals surface area contributed by atoms with Crippen LogP contribution in [0.5, 0.6) is 0 Å². The Labute approximate surface area is 118 Å². The van der Waals surface area contributed by atoms with Gasteiger partial charge in [0.2, 0.25) is 0 Å². The van der Waals surface area contributed by atoms with Crippen molar-refractivity contribution in [3.8, 4) is 0 Å². The topological polar surface area (TPSA) is 70.7 Å². The van der Waals surface area contributed by atoms with E-state index in [4.69, 9.17) is 9.52 Å². The summed E-state index contributed by atoms with van der Waals surface area (Å²) < 4.78 is 5.25. The molecule has 1 aromatic heterocycles. The summed E-state index contributed by atoms with van der Waals surface area (Å²) in [5.41, 5.74) is 1.14. The van der Waals surface area contributed by atoms with E-state index in [2.05, 4.69) is 13.8 Å². The van der Waals surface area contributed by atoms with Crippen molar-refractivity contribution >= 4 is 11.9 Å². The van der Waals surface area contributed by atoms with Crippen molar-refractivity contribution in [3.05, 3.63) is 23.2 Å². The molecular weight excluding hydrogens is 258 g/mol. The Morgan fingerprint density at radius 3 is 2.60 bits per heavy atom. The third kappa shape index (κ3) is 3.21. The normalized spacial score (nSPS) is 14.6. The maximum atomic E-state index is 12.7. The van der Waals surface area contributed by atoms with Crippen LogP contribution in [-0.2, 0) is 11.2 Å². The van der Waals surface area contributed by atoms with Crippen LogP contribution >= 0.6 is 0 Å². The molecule has 0 spiro atoms. The fraction of sp³-hybridized carbons (Fsp3) is 0.600. The van der Waals surface area contributed by atoms with Crippen molar-refractivity contribution in [1.29, 1.82) is 0 Å². The van der Waals surface area contributed by atoms with Gasteiger partial charge in [-0.15, -0.1) is 0 Å². The molecule has 0 aliphatic heterocycles. The molecule has 1 aromatic rings. The van der Waals surface area contributed by atoms with E-state index in [0.29, 0.717) is 29.6 Å². The Kier molecular flexibility index (Phi) is 4.16. The van der Waals surface area contributed by atoms with Gasteiger partial charge in [-0.3, -0.25) is 9.59 Å². The lowest BCUT2D eigenvalue weighted by Gasteiger charge is -2.24. The fourth-order valence-electron chi connectivity index (χ4n) is 2.37. The molecule has 1 N–H and O–H groups in total. The van der Waals surface area contributed by atoms with Crippen molar-refractivity contribution in [3.63, 3.8) is 0 Å². The zero-order valence-corrected chi connectivity index (χ0v) is 12.2. The molecule has 1 saturated carbocycles. The van der Waals surface area contributed by atoms with Crippen LogP contribution in [0, 0.1) is 12.8 Å². The first-order chi connectivity index (χ1) is 9.40. The number of nitrogens with zero attached hydrogens (tertiary/aromatic N) is 1. The van der Waals surface area contributed by atoms with Crippen molar-refractivity contribution in [2.24, 2.45) is 5.92 Å². The van der Waals surface area contributed by atoms with Gasteiger partial charge in [-0.05, 0) is 25.7 Å². The zero-order valence-electron chi connectivity index (χ0n) is 12.2. The lowest BCUT2D eigenvalue weighted by molar-refractivity contribution is -0.136. The zero-order chi connectivity index (χ0) is 14.9. The summed E-state index contributed by atoms with van der Waals surface area (Å²) in [5, 5.41) is 8.90. The molecule has 20 heavy (non-hydrogen) atoms. The number of carboxylic acid groups (broad SMARTS) is 1. The summed E-state index contributed by atoms with van der Waals surface area (Å²) in [6.45, 7) is 6.62. The van der Waals surface area contributed by atoms with Gasteiger partial charge in [0.1, 0.15) is 12.2 Å². The van der Waals surface area contributed by atoms with Crippen LogP contribution in [0.1, 0.15) is 48.4 Å². The molecule has 5 heteroatoms. The van der Waals surface area contributed by atoms with E-state index in [1.807, 2.05) is 4.90 Å². The molecule has 1 aliphatic carbocycles. The molecule has 0 aromatic carbocycles. The SMILES string of the molecule is Cc1coc(CC(=O)O)c1C(=O)N(CC(C)C)C1CC1. The second kappa shape index (κ2) is 5.69. The highest BCUT2D eigenvalue weighted by molar-refractivity contribution is 5.97. The molecule has 0 radical (unpaired) electrons. The van der Waals surface area contributed by atoms with E-state index in [1.54, 1.807) is 6.92 Å². The van der Waals surface area contributed by atoms with Gasteiger partial charge in [-0.1, -0.05) is 13.8 Å². The van der Waals surface area contributed by atoms with E-state index in [0.717, 1.165) is 12.8 Å². The predicted octanol–water partition coefficient (Wildman–Crippen LogP) is 2.48. The summed E-state index contributed by atoms with van der Waals surface area (Å²) >= 11 is 0. The fourth-order valence-corrected chi connectivity index (χ4v) is 2.37.